The number of carbonyl (C=O) groups excluding carboxylic acids is 1. The van der Waals surface area contributed by atoms with Crippen molar-refractivity contribution >= 4 is 41.3 Å². The van der Waals surface area contributed by atoms with Crippen molar-refractivity contribution in [1.82, 2.24) is 5.16 Å². The van der Waals surface area contributed by atoms with Crippen molar-refractivity contribution in [1.29, 1.82) is 0 Å². The number of hydrogen-bond donors (Lipinski definition) is 0. The number of hydrogen-bond acceptors (Lipinski definition) is 6. The van der Waals surface area contributed by atoms with Crippen LogP contribution < -0.4 is 14.2 Å². The standard InChI is InChI=1S/C28H21Cl3N2O5/c29-23-9-18(6-7-19(23)21-10-20(21)16-2-1-3-17(8-16)37-14-34)36-13-22-27(32-38-28(22)15-4-5-15)26-24(30)11-33(35)12-25(26)31/h1-3,6-9,11-12,14-15,20-21H,4-5,10,13H2. The largest absolute Gasteiger partial charge is 0.619 e. The molecule has 10 heteroatoms. The van der Waals surface area contributed by atoms with Gasteiger partial charge in [-0.25, -0.2) is 0 Å². The number of rotatable bonds is 9. The summed E-state index contributed by atoms with van der Waals surface area (Å²) in [5.41, 5.74) is 3.81. The fourth-order valence-electron chi connectivity index (χ4n) is 4.89. The number of carbonyl (C=O) groups is 1. The molecule has 0 N–H and O–H groups in total. The molecular weight excluding hydrogens is 551 g/mol. The van der Waals surface area contributed by atoms with E-state index in [0.717, 1.165) is 41.7 Å². The normalized spacial score (nSPS) is 18.3. The zero-order valence-corrected chi connectivity index (χ0v) is 22.2. The summed E-state index contributed by atoms with van der Waals surface area (Å²) in [5.74, 6) is 2.74. The maximum atomic E-state index is 11.7. The van der Waals surface area contributed by atoms with Crippen LogP contribution >= 0.6 is 34.8 Å². The molecule has 0 radical (unpaired) electrons. The summed E-state index contributed by atoms with van der Waals surface area (Å²) in [7, 11) is 0. The highest BCUT2D eigenvalue weighted by Gasteiger charge is 2.41. The highest BCUT2D eigenvalue weighted by atomic mass is 35.5. The molecule has 2 aliphatic rings. The molecule has 0 amide bonds. The second-order valence-electron chi connectivity index (χ2n) is 9.54. The van der Waals surface area contributed by atoms with Crippen LogP contribution in [0, 0.1) is 5.21 Å². The highest BCUT2D eigenvalue weighted by Crippen LogP contribution is 2.56. The smallest absolute Gasteiger partial charge is 0.298 e. The Labute approximate surface area is 233 Å². The Kier molecular flexibility index (Phi) is 6.68. The van der Waals surface area contributed by atoms with Crippen LogP contribution in [0.3, 0.4) is 0 Å². The van der Waals surface area contributed by atoms with Crippen LogP contribution in [-0.2, 0) is 11.4 Å². The lowest BCUT2D eigenvalue weighted by atomic mass is 10.0. The molecular formula is C28H21Cl3N2O5. The van der Waals surface area contributed by atoms with E-state index in [0.29, 0.717) is 44.9 Å². The van der Waals surface area contributed by atoms with Gasteiger partial charge in [-0.15, -0.1) is 0 Å². The minimum Gasteiger partial charge on any atom is -0.619 e. The second kappa shape index (κ2) is 10.1. The van der Waals surface area contributed by atoms with Gasteiger partial charge in [0.1, 0.15) is 39.6 Å². The average Bonchev–Trinajstić information content (AvgIpc) is 3.81. The molecule has 2 aliphatic carbocycles. The Morgan fingerprint density at radius 2 is 1.82 bits per heavy atom. The molecule has 7 nitrogen and oxygen atoms in total. The summed E-state index contributed by atoms with van der Waals surface area (Å²) >= 11 is 19.4. The molecule has 2 unspecified atom stereocenters. The quantitative estimate of drug-likeness (QED) is 0.120. The van der Waals surface area contributed by atoms with Crippen LogP contribution in [0.4, 0.5) is 0 Å². The number of pyridine rings is 1. The fraction of sp³-hybridized carbons (Fsp3) is 0.250. The van der Waals surface area contributed by atoms with Gasteiger partial charge in [0.2, 0.25) is 0 Å². The summed E-state index contributed by atoms with van der Waals surface area (Å²) in [6, 6.07) is 13.3. The Hall–Kier alpha value is -3.26. The Balaban J connectivity index is 1.21. The summed E-state index contributed by atoms with van der Waals surface area (Å²) < 4.78 is 17.3. The Morgan fingerprint density at radius 1 is 1.03 bits per heavy atom. The van der Waals surface area contributed by atoms with Crippen molar-refractivity contribution in [3.05, 3.63) is 97.6 Å². The van der Waals surface area contributed by atoms with Gasteiger partial charge in [-0.05, 0) is 66.5 Å². The van der Waals surface area contributed by atoms with Crippen molar-refractivity contribution in [2.75, 3.05) is 0 Å². The molecule has 0 bridgehead atoms. The maximum Gasteiger partial charge on any atom is 0.298 e. The van der Waals surface area contributed by atoms with Crippen LogP contribution in [0.2, 0.25) is 15.1 Å². The van der Waals surface area contributed by atoms with Crippen LogP contribution in [0.5, 0.6) is 11.5 Å². The van der Waals surface area contributed by atoms with Gasteiger partial charge in [-0.3, -0.25) is 4.79 Å². The van der Waals surface area contributed by atoms with E-state index < -0.39 is 0 Å². The summed E-state index contributed by atoms with van der Waals surface area (Å²) in [6.07, 6.45) is 5.43. The van der Waals surface area contributed by atoms with Gasteiger partial charge < -0.3 is 19.2 Å². The van der Waals surface area contributed by atoms with Crippen LogP contribution in [-0.4, -0.2) is 11.6 Å². The number of benzene rings is 2. The molecule has 2 saturated carbocycles. The minimum atomic E-state index is 0.175. The molecule has 194 valence electrons. The van der Waals surface area contributed by atoms with E-state index in [1.54, 1.807) is 6.07 Å². The zero-order chi connectivity index (χ0) is 26.4. The lowest BCUT2D eigenvalue weighted by Gasteiger charge is -2.11. The molecule has 6 rings (SSSR count). The van der Waals surface area contributed by atoms with Gasteiger partial charge in [0.05, 0.1) is 11.1 Å². The van der Waals surface area contributed by atoms with E-state index in [1.165, 1.54) is 12.4 Å². The summed E-state index contributed by atoms with van der Waals surface area (Å²) in [5, 5.41) is 16.9. The molecule has 2 heterocycles. The van der Waals surface area contributed by atoms with E-state index in [4.69, 9.17) is 48.8 Å². The fourth-order valence-corrected chi connectivity index (χ4v) is 5.82. The monoisotopic (exact) mass is 570 g/mol. The van der Waals surface area contributed by atoms with Crippen molar-refractivity contribution in [3.63, 3.8) is 0 Å². The van der Waals surface area contributed by atoms with Gasteiger partial charge in [0.15, 0.2) is 12.4 Å². The number of halogens is 3. The molecule has 0 spiro atoms. The van der Waals surface area contributed by atoms with E-state index in [9.17, 15) is 10.0 Å². The van der Waals surface area contributed by atoms with Crippen LogP contribution in [0.15, 0.2) is 59.4 Å². The maximum absolute atomic E-state index is 11.7. The van der Waals surface area contributed by atoms with Crippen molar-refractivity contribution < 1.29 is 23.5 Å². The van der Waals surface area contributed by atoms with E-state index >= 15 is 0 Å². The van der Waals surface area contributed by atoms with Gasteiger partial charge >= 0.3 is 0 Å². The second-order valence-corrected chi connectivity index (χ2v) is 10.8. The number of aromatic nitrogens is 2. The molecule has 38 heavy (non-hydrogen) atoms. The van der Waals surface area contributed by atoms with Crippen molar-refractivity contribution in [3.8, 4) is 22.8 Å². The topological polar surface area (TPSA) is 88.5 Å². The Bertz CT molecular complexity index is 1510. The van der Waals surface area contributed by atoms with Gasteiger partial charge in [-0.1, -0.05) is 58.2 Å². The van der Waals surface area contributed by atoms with Gasteiger partial charge in [0, 0.05) is 10.9 Å². The third-order valence-corrected chi connectivity index (χ3v) is 7.88. The van der Waals surface area contributed by atoms with E-state index in [1.807, 2.05) is 36.4 Å². The number of ether oxygens (including phenoxy) is 2. The van der Waals surface area contributed by atoms with Crippen LogP contribution in [0.1, 0.15) is 59.5 Å². The first kappa shape index (κ1) is 25.0. The molecule has 2 atom stereocenters. The van der Waals surface area contributed by atoms with Crippen molar-refractivity contribution in [2.45, 2.75) is 43.6 Å². The molecule has 2 fully saturated rings. The lowest BCUT2D eigenvalue weighted by molar-refractivity contribution is -0.605. The Morgan fingerprint density at radius 3 is 2.53 bits per heavy atom. The minimum absolute atomic E-state index is 0.175. The molecule has 2 aromatic carbocycles. The third-order valence-electron chi connectivity index (χ3n) is 6.98. The SMILES string of the molecule is O=COc1cccc(C2CC2c2ccc(OCc3c(-c4c(Cl)c[n+]([O-])cc4Cl)noc3C3CC3)cc2Cl)c1. The first-order valence-electron chi connectivity index (χ1n) is 12.1. The average molecular weight is 572 g/mol. The van der Waals surface area contributed by atoms with Gasteiger partial charge in [-0.2, -0.15) is 4.73 Å². The van der Waals surface area contributed by atoms with Crippen LogP contribution in [0.25, 0.3) is 11.3 Å². The predicted molar refractivity (Wildman–Crippen MR) is 142 cm³/mol. The zero-order valence-electron chi connectivity index (χ0n) is 19.9. The lowest BCUT2D eigenvalue weighted by Crippen LogP contribution is -2.24. The number of nitrogens with zero attached hydrogens (tertiary/aromatic N) is 2. The predicted octanol–water partition coefficient (Wildman–Crippen LogP) is 7.20. The van der Waals surface area contributed by atoms with E-state index in [-0.39, 0.29) is 28.5 Å². The molecule has 0 aliphatic heterocycles. The molecule has 0 saturated heterocycles. The highest BCUT2D eigenvalue weighted by molar-refractivity contribution is 6.38. The molecule has 4 aromatic rings. The first-order chi connectivity index (χ1) is 18.4. The van der Waals surface area contributed by atoms with E-state index in [2.05, 4.69) is 5.16 Å². The van der Waals surface area contributed by atoms with Gasteiger partial charge in [0.25, 0.3) is 6.47 Å². The summed E-state index contributed by atoms with van der Waals surface area (Å²) in [6.45, 7) is 0.606. The summed E-state index contributed by atoms with van der Waals surface area (Å²) in [4.78, 5) is 10.7. The van der Waals surface area contributed by atoms with Crippen molar-refractivity contribution in [2.24, 2.45) is 0 Å². The first-order valence-corrected chi connectivity index (χ1v) is 13.3. The third kappa shape index (κ3) is 4.94. The molecule has 2 aromatic heterocycles.